The fraction of sp³-hybridized carbons (Fsp3) is 0.429. The molecule has 2 heterocycles. The molecular weight excluding hydrogens is 288 g/mol. The molecule has 0 bridgehead atoms. The van der Waals surface area contributed by atoms with Crippen molar-refractivity contribution in [2.45, 2.75) is 38.3 Å². The first-order valence-electron chi connectivity index (χ1n) is 7.11. The van der Waals surface area contributed by atoms with E-state index in [0.717, 1.165) is 19.3 Å². The van der Waals surface area contributed by atoms with Crippen LogP contribution >= 0.6 is 0 Å². The molecule has 0 atom stereocenters. The zero-order chi connectivity index (χ0) is 15.5. The lowest BCUT2D eigenvalue weighted by Gasteiger charge is -2.25. The van der Waals surface area contributed by atoms with E-state index >= 15 is 0 Å². The molecule has 0 unspecified atom stereocenters. The van der Waals surface area contributed by atoms with Crippen molar-refractivity contribution in [2.24, 2.45) is 0 Å². The third kappa shape index (κ3) is 2.85. The summed E-state index contributed by atoms with van der Waals surface area (Å²) in [7, 11) is 0. The summed E-state index contributed by atoms with van der Waals surface area (Å²) in [6.07, 6.45) is 4.40. The zero-order valence-corrected chi connectivity index (χ0v) is 11.9. The van der Waals surface area contributed by atoms with Crippen LogP contribution in [0.2, 0.25) is 0 Å². The van der Waals surface area contributed by atoms with Gasteiger partial charge in [-0.05, 0) is 25.0 Å². The second-order valence-electron chi connectivity index (χ2n) is 5.27. The van der Waals surface area contributed by atoms with Gasteiger partial charge in [-0.2, -0.15) is 0 Å². The van der Waals surface area contributed by atoms with Crippen LogP contribution < -0.4 is 5.32 Å². The number of furan rings is 1. The third-order valence-corrected chi connectivity index (χ3v) is 3.80. The van der Waals surface area contributed by atoms with Crippen LogP contribution in [0.25, 0.3) is 0 Å². The van der Waals surface area contributed by atoms with Crippen LogP contribution in [0, 0.1) is 0 Å². The van der Waals surface area contributed by atoms with Gasteiger partial charge >= 0.3 is 5.97 Å². The maximum absolute atomic E-state index is 12.0. The van der Waals surface area contributed by atoms with E-state index < -0.39 is 5.97 Å². The molecule has 0 aliphatic heterocycles. The molecule has 0 aromatic carbocycles. The summed E-state index contributed by atoms with van der Waals surface area (Å²) in [5.74, 6) is -0.598. The second-order valence-corrected chi connectivity index (χ2v) is 5.27. The van der Waals surface area contributed by atoms with Crippen LogP contribution in [-0.2, 0) is 17.9 Å². The minimum absolute atomic E-state index is 0.0488. The van der Waals surface area contributed by atoms with Crippen LogP contribution in [0.4, 0.5) is 0 Å². The number of amides is 1. The predicted molar refractivity (Wildman–Crippen MR) is 74.1 cm³/mol. The molecule has 0 radical (unpaired) electrons. The number of nitrogens with zero attached hydrogens (tertiary/aromatic N) is 3. The molecule has 1 aliphatic carbocycles. The van der Waals surface area contributed by atoms with Crippen molar-refractivity contribution in [3.05, 3.63) is 35.5 Å². The molecule has 0 saturated heterocycles. The van der Waals surface area contributed by atoms with Gasteiger partial charge in [-0.1, -0.05) is 11.6 Å². The quantitative estimate of drug-likeness (QED) is 0.828. The lowest BCUT2D eigenvalue weighted by molar-refractivity contribution is -0.122. The highest BCUT2D eigenvalue weighted by Crippen LogP contribution is 2.37. The van der Waals surface area contributed by atoms with Crippen molar-refractivity contribution < 1.29 is 19.1 Å². The first-order chi connectivity index (χ1) is 10.6. The largest absolute Gasteiger partial charge is 0.476 e. The number of carbonyl (C=O) groups excluding carboxylic acids is 1. The maximum Gasteiger partial charge on any atom is 0.358 e. The van der Waals surface area contributed by atoms with Crippen molar-refractivity contribution in [3.8, 4) is 0 Å². The van der Waals surface area contributed by atoms with Gasteiger partial charge in [0, 0.05) is 5.92 Å². The highest BCUT2D eigenvalue weighted by molar-refractivity contribution is 5.87. The Bertz CT molecular complexity index is 673. The lowest BCUT2D eigenvalue weighted by atomic mass is 9.82. The summed E-state index contributed by atoms with van der Waals surface area (Å²) in [5.41, 5.74) is 0.496. The molecule has 1 amide bonds. The summed E-state index contributed by atoms with van der Waals surface area (Å²) >= 11 is 0. The molecule has 1 aliphatic rings. The number of aromatic carboxylic acids is 1. The number of aromatic nitrogens is 3. The Morgan fingerprint density at radius 3 is 2.86 bits per heavy atom. The minimum atomic E-state index is -1.11. The van der Waals surface area contributed by atoms with E-state index in [1.165, 1.54) is 10.9 Å². The average Bonchev–Trinajstić information content (AvgIpc) is 3.05. The zero-order valence-electron chi connectivity index (χ0n) is 11.9. The van der Waals surface area contributed by atoms with Crippen LogP contribution in [0.3, 0.4) is 0 Å². The molecular formula is C14H16N4O4. The van der Waals surface area contributed by atoms with E-state index in [4.69, 9.17) is 4.42 Å². The molecule has 2 aromatic rings. The van der Waals surface area contributed by atoms with E-state index in [1.54, 1.807) is 12.1 Å². The molecule has 3 rings (SSSR count). The van der Waals surface area contributed by atoms with E-state index in [-0.39, 0.29) is 30.6 Å². The third-order valence-electron chi connectivity index (χ3n) is 3.80. The first kappa shape index (κ1) is 14.3. The topological polar surface area (TPSA) is 110 Å². The molecule has 0 spiro atoms. The Morgan fingerprint density at radius 1 is 1.45 bits per heavy atom. The Balaban J connectivity index is 1.68. The average molecular weight is 304 g/mol. The minimum Gasteiger partial charge on any atom is -0.476 e. The molecule has 2 aromatic heterocycles. The highest BCUT2D eigenvalue weighted by atomic mass is 16.4. The number of carbonyl (C=O) groups is 2. The normalized spacial score (nSPS) is 14.5. The fourth-order valence-electron chi connectivity index (χ4n) is 2.47. The van der Waals surface area contributed by atoms with Crippen LogP contribution in [0.15, 0.2) is 22.8 Å². The van der Waals surface area contributed by atoms with Crippen LogP contribution in [0.1, 0.15) is 47.1 Å². The number of carboxylic acid groups (broad SMARTS) is 1. The molecule has 8 nitrogen and oxygen atoms in total. The summed E-state index contributed by atoms with van der Waals surface area (Å²) in [6.45, 7) is 0.234. The van der Waals surface area contributed by atoms with Gasteiger partial charge in [0.2, 0.25) is 5.91 Å². The molecule has 2 N–H and O–H groups in total. The Labute approximate surface area is 126 Å². The van der Waals surface area contributed by atoms with E-state index in [0.29, 0.717) is 11.5 Å². The Kier molecular flexibility index (Phi) is 3.90. The number of hydrogen-bond donors (Lipinski definition) is 2. The monoisotopic (exact) mass is 304 g/mol. The van der Waals surface area contributed by atoms with Crippen LogP contribution in [-0.4, -0.2) is 32.0 Å². The smallest absolute Gasteiger partial charge is 0.358 e. The Morgan fingerprint density at radius 2 is 2.27 bits per heavy atom. The van der Waals surface area contributed by atoms with E-state index in [1.807, 2.05) is 0 Å². The van der Waals surface area contributed by atoms with Crippen molar-refractivity contribution >= 4 is 11.9 Å². The molecule has 1 saturated carbocycles. The molecule has 116 valence electrons. The maximum atomic E-state index is 12.0. The Hall–Kier alpha value is -2.64. The van der Waals surface area contributed by atoms with Gasteiger partial charge in [0.15, 0.2) is 5.69 Å². The van der Waals surface area contributed by atoms with Gasteiger partial charge in [-0.15, -0.1) is 5.10 Å². The fourth-order valence-corrected chi connectivity index (χ4v) is 2.47. The van der Waals surface area contributed by atoms with Gasteiger partial charge in [-0.3, -0.25) is 4.79 Å². The van der Waals surface area contributed by atoms with Crippen molar-refractivity contribution in [2.75, 3.05) is 0 Å². The summed E-state index contributed by atoms with van der Waals surface area (Å²) in [5, 5.41) is 19.4. The van der Waals surface area contributed by atoms with Crippen molar-refractivity contribution in [1.29, 1.82) is 0 Å². The summed E-state index contributed by atoms with van der Waals surface area (Å²) in [6, 6.07) is 3.50. The highest BCUT2D eigenvalue weighted by Gasteiger charge is 2.30. The molecule has 8 heteroatoms. The van der Waals surface area contributed by atoms with Gasteiger partial charge < -0.3 is 14.8 Å². The van der Waals surface area contributed by atoms with Crippen molar-refractivity contribution in [1.82, 2.24) is 20.3 Å². The van der Waals surface area contributed by atoms with Gasteiger partial charge in [0.25, 0.3) is 0 Å². The second kappa shape index (κ2) is 6.00. The number of nitrogens with one attached hydrogen (secondary N) is 1. The number of hydrogen-bond acceptors (Lipinski definition) is 5. The van der Waals surface area contributed by atoms with Crippen LogP contribution in [0.5, 0.6) is 0 Å². The SMILES string of the molecule is O=C(Cn1nnc(C(=O)O)c1C1CCC1)NCc1ccco1. The molecule has 1 fully saturated rings. The van der Waals surface area contributed by atoms with Gasteiger partial charge in [0.05, 0.1) is 18.5 Å². The van der Waals surface area contributed by atoms with Gasteiger partial charge in [0.1, 0.15) is 12.3 Å². The first-order valence-corrected chi connectivity index (χ1v) is 7.11. The molecule has 22 heavy (non-hydrogen) atoms. The number of carboxylic acids is 1. The summed E-state index contributed by atoms with van der Waals surface area (Å²) in [4.78, 5) is 23.2. The number of rotatable bonds is 6. The predicted octanol–water partition coefficient (Wildman–Crippen LogP) is 1.15. The van der Waals surface area contributed by atoms with Gasteiger partial charge in [-0.25, -0.2) is 9.48 Å². The lowest BCUT2D eigenvalue weighted by Crippen LogP contribution is -2.29. The van der Waals surface area contributed by atoms with E-state index in [9.17, 15) is 14.7 Å². The van der Waals surface area contributed by atoms with Crippen molar-refractivity contribution in [3.63, 3.8) is 0 Å². The standard InChI is InChI=1S/C14H16N4O4/c19-11(15-7-10-5-2-6-22-10)8-18-13(9-3-1-4-9)12(14(20)21)16-17-18/h2,5-6,9H,1,3-4,7-8H2,(H,15,19)(H,20,21). The van der Waals surface area contributed by atoms with E-state index in [2.05, 4.69) is 15.6 Å². The summed E-state index contributed by atoms with van der Waals surface area (Å²) < 4.78 is 6.52.